The number of anilines is 1. The summed E-state index contributed by atoms with van der Waals surface area (Å²) in [5.41, 5.74) is 8.79. The van der Waals surface area contributed by atoms with Gasteiger partial charge < -0.3 is 9.79 Å². The van der Waals surface area contributed by atoms with E-state index in [1.54, 1.807) is 6.07 Å². The third-order valence-corrected chi connectivity index (χ3v) is 13.5. The predicted molar refractivity (Wildman–Crippen MR) is 234 cm³/mol. The molecular weight excluding hydrogens is 844 g/mol. The average molecular weight is 908 g/mol. The number of nitrogens with zero attached hydrogens (tertiary/aromatic N) is 2. The standard InChI is InChI=1S/C46H64ClN2O4S2.ClHO4/c1-9-11-13-15-17-30-48-40-26-24-36(52-53-54-7)32-38(40)45(3,4)42(48)28-22-34-20-19-21-35(44(34)47)23-29-43-46(5,6)39-33-37(55(8,50)51)25-27-41(39)49(43)31-18-16-14-12-10-2;2-1(3,4)5/h22-29,32-33H,9-21,30-31H2,1-8H3;(H,2,3,4,5)/q+1;/p-1. The van der Waals surface area contributed by atoms with Gasteiger partial charge in [0, 0.05) is 77.1 Å². The lowest BCUT2D eigenvalue weighted by atomic mass is 9.81. The first-order valence-electron chi connectivity index (χ1n) is 21.1. The lowest BCUT2D eigenvalue weighted by Crippen LogP contribution is -2.68. The van der Waals surface area contributed by atoms with Crippen LogP contribution in [0.25, 0.3) is 0 Å². The summed E-state index contributed by atoms with van der Waals surface area (Å²) < 4.78 is 66.8. The van der Waals surface area contributed by atoms with Gasteiger partial charge in [-0.2, -0.15) is 4.58 Å². The highest BCUT2D eigenvalue weighted by Crippen LogP contribution is 2.49. The van der Waals surface area contributed by atoms with Crippen LogP contribution in [0.1, 0.15) is 136 Å². The van der Waals surface area contributed by atoms with E-state index in [-0.39, 0.29) is 10.8 Å². The van der Waals surface area contributed by atoms with Crippen molar-refractivity contribution in [3.63, 3.8) is 0 Å². The SMILES string of the molecule is CCCCCCCN1C(=CC=C2CCCC(C=CC3=[N+](CCCCCCC)c4ccc(OOSC)cc4C3(C)C)=C2Cl)C(C)(C)c2cc(S(C)(=O)=O)ccc21.[O-][Cl+3]([O-])([O-])[O-]. The van der Waals surface area contributed by atoms with Crippen LogP contribution < -0.4 is 28.4 Å². The highest BCUT2D eigenvalue weighted by Gasteiger charge is 2.45. The van der Waals surface area contributed by atoms with Crippen molar-refractivity contribution in [3.05, 3.63) is 93.7 Å². The van der Waals surface area contributed by atoms with E-state index in [2.05, 4.69) is 87.5 Å². The van der Waals surface area contributed by atoms with Crippen LogP contribution in [0.15, 0.2) is 87.5 Å². The summed E-state index contributed by atoms with van der Waals surface area (Å²) in [6, 6.07) is 11.9. The molecular formula is C46H64Cl2N2O8S2. The largest absolute Gasteiger partial charge is 0.344 e. The van der Waals surface area contributed by atoms with Gasteiger partial charge in [0.15, 0.2) is 21.3 Å². The van der Waals surface area contributed by atoms with Gasteiger partial charge in [-0.25, -0.2) is 27.1 Å². The van der Waals surface area contributed by atoms with Crippen LogP contribution in [0.5, 0.6) is 5.75 Å². The zero-order chi connectivity index (χ0) is 44.3. The number of fused-ring (bicyclic) bond motifs is 2. The van der Waals surface area contributed by atoms with Crippen LogP contribution in [-0.2, 0) is 25.0 Å². The Balaban J connectivity index is 0.00000150. The van der Waals surface area contributed by atoms with Gasteiger partial charge in [-0.1, -0.05) is 96.4 Å². The van der Waals surface area contributed by atoms with Gasteiger partial charge in [-0.15, -0.1) is 14.6 Å². The number of halogens is 2. The highest BCUT2D eigenvalue weighted by atomic mass is 35.7. The Morgan fingerprint density at radius 1 is 0.850 bits per heavy atom. The van der Waals surface area contributed by atoms with Crippen LogP contribution in [-0.4, -0.2) is 44.3 Å². The summed E-state index contributed by atoms with van der Waals surface area (Å²) in [6.45, 7) is 15.4. The first kappa shape index (κ1) is 50.0. The molecule has 0 saturated carbocycles. The molecule has 14 heteroatoms. The third kappa shape index (κ3) is 13.2. The molecule has 2 heterocycles. The molecule has 3 aliphatic rings. The molecule has 2 aromatic carbocycles. The summed E-state index contributed by atoms with van der Waals surface area (Å²) in [7, 11) is -8.27. The maximum atomic E-state index is 12.6. The Morgan fingerprint density at radius 2 is 1.50 bits per heavy atom. The van der Waals surface area contributed by atoms with Crippen molar-refractivity contribution in [2.24, 2.45) is 0 Å². The van der Waals surface area contributed by atoms with Gasteiger partial charge in [0.1, 0.15) is 6.54 Å². The van der Waals surface area contributed by atoms with Crippen LogP contribution >= 0.6 is 23.6 Å². The van der Waals surface area contributed by atoms with Gasteiger partial charge >= 0.3 is 0 Å². The highest BCUT2D eigenvalue weighted by molar-refractivity contribution is 7.93. The Kier molecular flexibility index (Phi) is 18.4. The summed E-state index contributed by atoms with van der Waals surface area (Å²) in [5.74, 6) is 0.704. The molecule has 0 atom stereocenters. The fraction of sp³-hybridized carbons (Fsp3) is 0.543. The van der Waals surface area contributed by atoms with Gasteiger partial charge in [0.05, 0.1) is 10.3 Å². The van der Waals surface area contributed by atoms with E-state index < -0.39 is 20.1 Å². The minimum atomic E-state index is -4.94. The molecule has 0 spiro atoms. The number of hydrogen-bond donors (Lipinski definition) is 0. The fourth-order valence-corrected chi connectivity index (χ4v) is 9.57. The molecule has 0 saturated heterocycles. The van der Waals surface area contributed by atoms with Gasteiger partial charge in [-0.3, -0.25) is 0 Å². The second-order valence-corrected chi connectivity index (χ2v) is 20.5. The number of sulfone groups is 1. The molecule has 2 aliphatic heterocycles. The lowest BCUT2D eigenvalue weighted by molar-refractivity contribution is -2.00. The molecule has 60 heavy (non-hydrogen) atoms. The van der Waals surface area contributed by atoms with E-state index in [9.17, 15) is 8.42 Å². The zero-order valence-corrected chi connectivity index (χ0v) is 39.8. The quantitative estimate of drug-likeness (QED) is 0.0445. The van der Waals surface area contributed by atoms with E-state index >= 15 is 0 Å². The maximum Gasteiger partial charge on any atom is 0.210 e. The van der Waals surface area contributed by atoms with Crippen molar-refractivity contribution in [1.82, 2.24) is 0 Å². The van der Waals surface area contributed by atoms with Crippen LogP contribution in [0.2, 0.25) is 0 Å². The van der Waals surface area contributed by atoms with E-state index in [4.69, 9.17) is 39.5 Å². The first-order chi connectivity index (χ1) is 28.2. The molecule has 0 radical (unpaired) electrons. The summed E-state index contributed by atoms with van der Waals surface area (Å²) in [5, 5.41) is 0.836. The molecule has 0 N–H and O–H groups in total. The second-order valence-electron chi connectivity index (χ2n) is 16.9. The molecule has 0 bridgehead atoms. The Morgan fingerprint density at radius 3 is 2.13 bits per heavy atom. The molecule has 1 aliphatic carbocycles. The van der Waals surface area contributed by atoms with E-state index in [0.29, 0.717) is 10.6 Å². The molecule has 0 unspecified atom stereocenters. The minimum absolute atomic E-state index is 0.237. The van der Waals surface area contributed by atoms with Gasteiger partial charge in [0.2, 0.25) is 5.69 Å². The minimum Gasteiger partial charge on any atom is -0.344 e. The van der Waals surface area contributed by atoms with Crippen molar-refractivity contribution in [2.75, 3.05) is 30.5 Å². The summed E-state index contributed by atoms with van der Waals surface area (Å²) in [6.07, 6.45) is 27.1. The van der Waals surface area contributed by atoms with Crippen molar-refractivity contribution in [2.45, 2.75) is 141 Å². The maximum absolute atomic E-state index is 12.6. The van der Waals surface area contributed by atoms with E-state index in [0.717, 1.165) is 72.6 Å². The fourth-order valence-electron chi connectivity index (χ4n) is 8.46. The van der Waals surface area contributed by atoms with E-state index in [1.165, 1.54) is 92.3 Å². The normalized spacial score (nSPS) is 18.7. The third-order valence-electron chi connectivity index (χ3n) is 11.7. The lowest BCUT2D eigenvalue weighted by Gasteiger charge is -2.27. The van der Waals surface area contributed by atoms with Gasteiger partial charge in [0.25, 0.3) is 0 Å². The smallest absolute Gasteiger partial charge is 0.210 e. The average Bonchev–Trinajstić information content (AvgIpc) is 3.52. The second kappa shape index (κ2) is 22.1. The molecule has 5 rings (SSSR count). The van der Waals surface area contributed by atoms with Crippen molar-refractivity contribution < 1.29 is 51.1 Å². The number of benzene rings is 2. The monoisotopic (exact) mass is 906 g/mol. The topological polar surface area (TPSA) is 151 Å². The summed E-state index contributed by atoms with van der Waals surface area (Å²) >= 11 is 8.50. The molecule has 0 amide bonds. The number of unbranched alkanes of at least 4 members (excludes halogenated alkanes) is 8. The molecule has 10 nitrogen and oxygen atoms in total. The first-order valence-corrected chi connectivity index (χ1v) is 25.8. The predicted octanol–water partition coefficient (Wildman–Crippen LogP) is 8.08. The van der Waals surface area contributed by atoms with E-state index in [1.807, 2.05) is 24.5 Å². The molecule has 2 aromatic rings. The molecule has 332 valence electrons. The van der Waals surface area contributed by atoms with Crippen molar-refractivity contribution >= 4 is 50.6 Å². The Labute approximate surface area is 370 Å². The van der Waals surface area contributed by atoms with Crippen molar-refractivity contribution in [1.29, 1.82) is 0 Å². The van der Waals surface area contributed by atoms with Crippen LogP contribution in [0, 0.1) is 10.2 Å². The van der Waals surface area contributed by atoms with Crippen molar-refractivity contribution in [3.8, 4) is 5.75 Å². The van der Waals surface area contributed by atoms with Gasteiger partial charge in [-0.05, 0) is 99.1 Å². The molecule has 0 aromatic heterocycles. The Bertz CT molecular complexity index is 2060. The number of hydrogen-bond acceptors (Lipinski definition) is 10. The number of allylic oxidation sites excluding steroid dienone is 8. The van der Waals surface area contributed by atoms with Crippen LogP contribution in [0.3, 0.4) is 0 Å². The van der Waals surface area contributed by atoms with Crippen LogP contribution in [0.4, 0.5) is 11.4 Å². The summed E-state index contributed by atoms with van der Waals surface area (Å²) in [4.78, 5) is 8.35. The number of rotatable bonds is 19. The molecule has 0 fully saturated rings. The zero-order valence-electron chi connectivity index (χ0n) is 36.6. The Hall–Kier alpha value is -2.65.